The minimum absolute atomic E-state index is 0.168. The Balaban J connectivity index is 2.40. The number of piperidine rings is 1. The lowest BCUT2D eigenvalue weighted by Crippen LogP contribution is -2.48. The van der Waals surface area contributed by atoms with Crippen LogP contribution in [0.2, 0.25) is 0 Å². The number of carbonyl (C=O) groups excluding carboxylic acids is 1. The predicted octanol–water partition coefficient (Wildman–Crippen LogP) is 2.30. The Bertz CT molecular complexity index is 650. The van der Waals surface area contributed by atoms with Gasteiger partial charge in [-0.1, -0.05) is 0 Å². The van der Waals surface area contributed by atoms with Gasteiger partial charge in [0.1, 0.15) is 11.9 Å². The summed E-state index contributed by atoms with van der Waals surface area (Å²) in [7, 11) is -2.71. The van der Waals surface area contributed by atoms with E-state index in [2.05, 4.69) is 20.7 Å². The molecule has 0 spiro atoms. The van der Waals surface area contributed by atoms with Crippen molar-refractivity contribution < 1.29 is 22.3 Å². The van der Waals surface area contributed by atoms with Crippen molar-refractivity contribution in [2.75, 3.05) is 13.7 Å². The zero-order valence-electron chi connectivity index (χ0n) is 11.4. The van der Waals surface area contributed by atoms with Crippen LogP contribution in [0.1, 0.15) is 19.3 Å². The molecule has 2 rings (SSSR count). The van der Waals surface area contributed by atoms with Crippen molar-refractivity contribution in [2.24, 2.45) is 0 Å². The lowest BCUT2D eigenvalue weighted by molar-refractivity contribution is -0.146. The number of rotatable bonds is 3. The number of benzene rings is 1. The van der Waals surface area contributed by atoms with Crippen molar-refractivity contribution in [3.8, 4) is 0 Å². The van der Waals surface area contributed by atoms with E-state index in [0.29, 0.717) is 12.8 Å². The summed E-state index contributed by atoms with van der Waals surface area (Å²) in [5.74, 6) is -1.25. The van der Waals surface area contributed by atoms with Gasteiger partial charge in [-0.2, -0.15) is 4.31 Å². The highest BCUT2D eigenvalue weighted by Gasteiger charge is 2.38. The van der Waals surface area contributed by atoms with E-state index in [4.69, 9.17) is 0 Å². The highest BCUT2D eigenvalue weighted by Crippen LogP contribution is 2.28. The number of halogens is 2. The van der Waals surface area contributed by atoms with E-state index in [-0.39, 0.29) is 15.9 Å². The highest BCUT2D eigenvalue weighted by molar-refractivity contribution is 9.10. The minimum atomic E-state index is -3.93. The maximum atomic E-state index is 13.6. The Kier molecular flexibility index (Phi) is 5.00. The smallest absolute Gasteiger partial charge is 0.324 e. The summed E-state index contributed by atoms with van der Waals surface area (Å²) in [5, 5.41) is 0. The zero-order chi connectivity index (χ0) is 15.6. The second-order valence-electron chi connectivity index (χ2n) is 4.73. The molecule has 0 saturated carbocycles. The molecule has 0 unspecified atom stereocenters. The van der Waals surface area contributed by atoms with Gasteiger partial charge in [-0.05, 0) is 53.4 Å². The Labute approximate surface area is 131 Å². The van der Waals surface area contributed by atoms with Crippen LogP contribution in [0.5, 0.6) is 0 Å². The SMILES string of the molecule is COC(=O)[C@H]1CCCCN1S(=O)(=O)c1ccc(Br)c(F)c1. The lowest BCUT2D eigenvalue weighted by atomic mass is 10.1. The van der Waals surface area contributed by atoms with Crippen LogP contribution < -0.4 is 0 Å². The Morgan fingerprint density at radius 1 is 1.43 bits per heavy atom. The molecule has 21 heavy (non-hydrogen) atoms. The number of ether oxygens (including phenoxy) is 1. The van der Waals surface area contributed by atoms with Gasteiger partial charge in [0.2, 0.25) is 10.0 Å². The van der Waals surface area contributed by atoms with Gasteiger partial charge >= 0.3 is 5.97 Å². The average Bonchev–Trinajstić information content (AvgIpc) is 2.49. The molecule has 5 nitrogen and oxygen atoms in total. The zero-order valence-corrected chi connectivity index (χ0v) is 13.8. The first kappa shape index (κ1) is 16.4. The molecule has 1 atom stereocenters. The molecular weight excluding hydrogens is 365 g/mol. The summed E-state index contributed by atoms with van der Waals surface area (Å²) in [6.45, 7) is 0.222. The molecule has 0 amide bonds. The molecule has 1 fully saturated rings. The van der Waals surface area contributed by atoms with Crippen molar-refractivity contribution >= 4 is 31.9 Å². The number of hydrogen-bond acceptors (Lipinski definition) is 4. The van der Waals surface area contributed by atoms with Gasteiger partial charge in [-0.25, -0.2) is 12.8 Å². The molecule has 0 bridgehead atoms. The quantitative estimate of drug-likeness (QED) is 0.755. The van der Waals surface area contributed by atoms with E-state index in [1.807, 2.05) is 0 Å². The first-order valence-electron chi connectivity index (χ1n) is 6.42. The lowest BCUT2D eigenvalue weighted by Gasteiger charge is -2.32. The average molecular weight is 380 g/mol. The van der Waals surface area contributed by atoms with Crippen LogP contribution in [0.25, 0.3) is 0 Å². The molecule has 1 saturated heterocycles. The second-order valence-corrected chi connectivity index (χ2v) is 7.47. The fourth-order valence-electron chi connectivity index (χ4n) is 2.34. The van der Waals surface area contributed by atoms with Crippen LogP contribution in [-0.4, -0.2) is 38.4 Å². The second kappa shape index (κ2) is 6.41. The van der Waals surface area contributed by atoms with Gasteiger partial charge in [-0.3, -0.25) is 4.79 Å². The van der Waals surface area contributed by atoms with Crippen molar-refractivity contribution in [3.63, 3.8) is 0 Å². The molecule has 116 valence electrons. The predicted molar refractivity (Wildman–Crippen MR) is 77.6 cm³/mol. The van der Waals surface area contributed by atoms with Crippen LogP contribution in [0, 0.1) is 5.82 Å². The third-order valence-corrected chi connectivity index (χ3v) is 5.97. The number of methoxy groups -OCH3 is 1. The fourth-order valence-corrected chi connectivity index (χ4v) is 4.24. The van der Waals surface area contributed by atoms with Gasteiger partial charge in [0, 0.05) is 6.54 Å². The fraction of sp³-hybridized carbons (Fsp3) is 0.462. The largest absolute Gasteiger partial charge is 0.468 e. The highest BCUT2D eigenvalue weighted by atomic mass is 79.9. The first-order chi connectivity index (χ1) is 9.87. The molecule has 1 aromatic carbocycles. The molecule has 1 heterocycles. The summed E-state index contributed by atoms with van der Waals surface area (Å²) >= 11 is 2.98. The minimum Gasteiger partial charge on any atom is -0.468 e. The Morgan fingerprint density at radius 2 is 2.14 bits per heavy atom. The molecule has 0 N–H and O–H groups in total. The van der Waals surface area contributed by atoms with Gasteiger partial charge in [0.05, 0.1) is 16.5 Å². The standard InChI is InChI=1S/C13H15BrFNO4S/c1-20-13(17)12-4-2-3-7-16(12)21(18,19)9-5-6-10(14)11(15)8-9/h5-6,8,12H,2-4,7H2,1H3/t12-/m1/s1. The topological polar surface area (TPSA) is 63.7 Å². The van der Waals surface area contributed by atoms with Crippen molar-refractivity contribution in [3.05, 3.63) is 28.5 Å². The Morgan fingerprint density at radius 3 is 2.76 bits per heavy atom. The van der Waals surface area contributed by atoms with Crippen molar-refractivity contribution in [2.45, 2.75) is 30.2 Å². The third-order valence-electron chi connectivity index (χ3n) is 3.42. The third kappa shape index (κ3) is 3.27. The van der Waals surface area contributed by atoms with Gasteiger partial charge in [0.15, 0.2) is 0 Å². The van der Waals surface area contributed by atoms with Crippen LogP contribution in [0.15, 0.2) is 27.6 Å². The maximum absolute atomic E-state index is 13.6. The summed E-state index contributed by atoms with van der Waals surface area (Å²) in [6, 6.07) is 2.74. The number of carbonyl (C=O) groups is 1. The molecule has 0 aliphatic carbocycles. The molecule has 1 aromatic rings. The number of esters is 1. The van der Waals surface area contributed by atoms with Crippen molar-refractivity contribution in [1.82, 2.24) is 4.31 Å². The van der Waals surface area contributed by atoms with E-state index >= 15 is 0 Å². The van der Waals surface area contributed by atoms with Crippen LogP contribution in [-0.2, 0) is 19.6 Å². The van der Waals surface area contributed by atoms with Crippen LogP contribution >= 0.6 is 15.9 Å². The van der Waals surface area contributed by atoms with Gasteiger partial charge < -0.3 is 4.74 Å². The van der Waals surface area contributed by atoms with Crippen molar-refractivity contribution in [1.29, 1.82) is 0 Å². The summed E-state index contributed by atoms with van der Waals surface area (Å²) < 4.78 is 44.8. The maximum Gasteiger partial charge on any atom is 0.324 e. The molecule has 8 heteroatoms. The van der Waals surface area contributed by atoms with Crippen LogP contribution in [0.4, 0.5) is 4.39 Å². The van der Waals surface area contributed by atoms with E-state index in [1.165, 1.54) is 19.2 Å². The van der Waals surface area contributed by atoms with E-state index in [0.717, 1.165) is 16.8 Å². The van der Waals surface area contributed by atoms with Crippen LogP contribution in [0.3, 0.4) is 0 Å². The summed E-state index contributed by atoms with van der Waals surface area (Å²) in [6.07, 6.45) is 1.82. The van der Waals surface area contributed by atoms with Gasteiger partial charge in [0.25, 0.3) is 0 Å². The molecule has 0 aromatic heterocycles. The first-order valence-corrected chi connectivity index (χ1v) is 8.66. The van der Waals surface area contributed by atoms with E-state index < -0.39 is 27.9 Å². The molecule has 1 aliphatic heterocycles. The monoisotopic (exact) mass is 379 g/mol. The normalized spacial score (nSPS) is 20.2. The molecule has 1 aliphatic rings. The Hall–Kier alpha value is -0.990. The summed E-state index contributed by atoms with van der Waals surface area (Å²) in [5.41, 5.74) is 0. The number of sulfonamides is 1. The molecular formula is C13H15BrFNO4S. The van der Waals surface area contributed by atoms with E-state index in [1.54, 1.807) is 0 Å². The van der Waals surface area contributed by atoms with E-state index in [9.17, 15) is 17.6 Å². The summed E-state index contributed by atoms with van der Waals surface area (Å²) in [4.78, 5) is 11.6. The number of nitrogens with zero attached hydrogens (tertiary/aromatic N) is 1. The van der Waals surface area contributed by atoms with Gasteiger partial charge in [-0.15, -0.1) is 0 Å². The number of hydrogen-bond donors (Lipinski definition) is 0. The molecule has 0 radical (unpaired) electrons.